The first-order valence-corrected chi connectivity index (χ1v) is 7.34. The predicted octanol–water partition coefficient (Wildman–Crippen LogP) is 2.35. The number of aromatic amines is 1. The SMILES string of the molecule is COc1c(C)ccc(NC(=O)c2n[nH]c3c2CNCC3)c1C.Cl. The van der Waals surface area contributed by atoms with Gasteiger partial charge in [-0.15, -0.1) is 12.4 Å². The van der Waals surface area contributed by atoms with Gasteiger partial charge in [-0.1, -0.05) is 6.07 Å². The number of nitrogens with one attached hydrogen (secondary N) is 3. The highest BCUT2D eigenvalue weighted by Gasteiger charge is 2.22. The molecule has 2 aromatic rings. The van der Waals surface area contributed by atoms with Gasteiger partial charge in [-0.3, -0.25) is 9.89 Å². The van der Waals surface area contributed by atoms with Gasteiger partial charge in [-0.05, 0) is 25.5 Å². The van der Waals surface area contributed by atoms with Crippen molar-refractivity contribution in [1.82, 2.24) is 15.5 Å². The molecule has 124 valence electrons. The van der Waals surface area contributed by atoms with E-state index in [0.717, 1.165) is 46.8 Å². The van der Waals surface area contributed by atoms with Crippen molar-refractivity contribution in [2.75, 3.05) is 19.0 Å². The number of anilines is 1. The minimum Gasteiger partial charge on any atom is -0.496 e. The third-order valence-corrected chi connectivity index (χ3v) is 4.08. The number of nitrogens with zero attached hydrogens (tertiary/aromatic N) is 1. The number of hydrogen-bond donors (Lipinski definition) is 3. The normalized spacial score (nSPS) is 13.0. The third kappa shape index (κ3) is 3.18. The molecule has 0 saturated carbocycles. The Labute approximate surface area is 141 Å². The second kappa shape index (κ2) is 7.02. The summed E-state index contributed by atoms with van der Waals surface area (Å²) in [5, 5.41) is 13.3. The molecule has 0 saturated heterocycles. The molecule has 1 aliphatic rings. The van der Waals surface area contributed by atoms with Crippen molar-refractivity contribution < 1.29 is 9.53 Å². The molecular formula is C16H21ClN4O2. The van der Waals surface area contributed by atoms with Crippen LogP contribution in [0.15, 0.2) is 12.1 Å². The molecule has 23 heavy (non-hydrogen) atoms. The zero-order chi connectivity index (χ0) is 15.7. The highest BCUT2D eigenvalue weighted by Crippen LogP contribution is 2.29. The number of ether oxygens (including phenoxy) is 1. The van der Waals surface area contributed by atoms with Crippen LogP contribution in [0.4, 0.5) is 5.69 Å². The molecule has 0 unspecified atom stereocenters. The van der Waals surface area contributed by atoms with Crippen LogP contribution in [0.3, 0.4) is 0 Å². The number of aromatic nitrogens is 2. The lowest BCUT2D eigenvalue weighted by Crippen LogP contribution is -2.25. The van der Waals surface area contributed by atoms with Crippen LogP contribution in [0, 0.1) is 13.8 Å². The van der Waals surface area contributed by atoms with Crippen molar-refractivity contribution in [2.45, 2.75) is 26.8 Å². The van der Waals surface area contributed by atoms with Gasteiger partial charge in [0.1, 0.15) is 5.75 Å². The van der Waals surface area contributed by atoms with Crippen LogP contribution < -0.4 is 15.4 Å². The number of amides is 1. The predicted molar refractivity (Wildman–Crippen MR) is 91.7 cm³/mol. The molecule has 0 aliphatic carbocycles. The molecular weight excluding hydrogens is 316 g/mol. The molecule has 6 nitrogen and oxygen atoms in total. The Morgan fingerprint density at radius 2 is 2.13 bits per heavy atom. The van der Waals surface area contributed by atoms with Crippen LogP contribution in [0.5, 0.6) is 5.75 Å². The van der Waals surface area contributed by atoms with Gasteiger partial charge in [0.25, 0.3) is 5.91 Å². The second-order valence-electron chi connectivity index (χ2n) is 5.50. The Kier molecular flexibility index (Phi) is 5.28. The van der Waals surface area contributed by atoms with Gasteiger partial charge in [0.15, 0.2) is 5.69 Å². The number of aryl methyl sites for hydroxylation is 1. The fourth-order valence-corrected chi connectivity index (χ4v) is 2.87. The average Bonchev–Trinajstić information content (AvgIpc) is 2.95. The highest BCUT2D eigenvalue weighted by molar-refractivity contribution is 6.04. The summed E-state index contributed by atoms with van der Waals surface area (Å²) in [5.41, 5.74) is 5.16. The van der Waals surface area contributed by atoms with Crippen LogP contribution in [-0.2, 0) is 13.0 Å². The van der Waals surface area contributed by atoms with Gasteiger partial charge in [-0.25, -0.2) is 0 Å². The molecule has 0 bridgehead atoms. The number of hydrogen-bond acceptors (Lipinski definition) is 4. The Bertz CT molecular complexity index is 727. The maximum atomic E-state index is 12.5. The van der Waals surface area contributed by atoms with E-state index in [2.05, 4.69) is 20.8 Å². The number of benzene rings is 1. The summed E-state index contributed by atoms with van der Waals surface area (Å²) in [6.07, 6.45) is 0.868. The summed E-state index contributed by atoms with van der Waals surface area (Å²) in [5.74, 6) is 0.596. The fraction of sp³-hybridized carbons (Fsp3) is 0.375. The summed E-state index contributed by atoms with van der Waals surface area (Å²) < 4.78 is 5.40. The van der Waals surface area contributed by atoms with Gasteiger partial charge in [0.05, 0.1) is 7.11 Å². The van der Waals surface area contributed by atoms with E-state index in [0.29, 0.717) is 12.2 Å². The summed E-state index contributed by atoms with van der Waals surface area (Å²) in [4.78, 5) is 12.5. The minimum absolute atomic E-state index is 0. The van der Waals surface area contributed by atoms with E-state index in [1.165, 1.54) is 0 Å². The fourth-order valence-electron chi connectivity index (χ4n) is 2.87. The van der Waals surface area contributed by atoms with E-state index in [4.69, 9.17) is 4.74 Å². The van der Waals surface area contributed by atoms with Gasteiger partial charge in [0.2, 0.25) is 0 Å². The lowest BCUT2D eigenvalue weighted by atomic mass is 10.1. The van der Waals surface area contributed by atoms with Crippen molar-refractivity contribution in [3.05, 3.63) is 40.2 Å². The summed E-state index contributed by atoms with van der Waals surface area (Å²) in [6, 6.07) is 3.82. The van der Waals surface area contributed by atoms with Crippen LogP contribution in [0.25, 0.3) is 0 Å². The third-order valence-electron chi connectivity index (χ3n) is 4.08. The molecule has 2 heterocycles. The Balaban J connectivity index is 0.00000192. The highest BCUT2D eigenvalue weighted by atomic mass is 35.5. The molecule has 1 amide bonds. The molecule has 3 N–H and O–H groups in total. The van der Waals surface area contributed by atoms with Crippen molar-refractivity contribution in [1.29, 1.82) is 0 Å². The molecule has 1 aromatic carbocycles. The van der Waals surface area contributed by atoms with E-state index in [9.17, 15) is 4.79 Å². The minimum atomic E-state index is -0.199. The Morgan fingerprint density at radius 1 is 1.35 bits per heavy atom. The van der Waals surface area contributed by atoms with E-state index >= 15 is 0 Å². The van der Waals surface area contributed by atoms with Crippen molar-refractivity contribution >= 4 is 24.0 Å². The monoisotopic (exact) mass is 336 g/mol. The molecule has 0 fully saturated rings. The zero-order valence-electron chi connectivity index (χ0n) is 13.4. The summed E-state index contributed by atoms with van der Waals surface area (Å²) in [6.45, 7) is 5.49. The Hall–Kier alpha value is -2.05. The van der Waals surface area contributed by atoms with Crippen molar-refractivity contribution in [3.63, 3.8) is 0 Å². The van der Waals surface area contributed by atoms with Crippen LogP contribution >= 0.6 is 12.4 Å². The summed E-state index contributed by atoms with van der Waals surface area (Å²) in [7, 11) is 1.64. The van der Waals surface area contributed by atoms with Crippen LogP contribution in [-0.4, -0.2) is 29.8 Å². The van der Waals surface area contributed by atoms with Gasteiger partial charge >= 0.3 is 0 Å². The number of halogens is 1. The lowest BCUT2D eigenvalue weighted by Gasteiger charge is -2.15. The molecule has 0 atom stereocenters. The van der Waals surface area contributed by atoms with Crippen LogP contribution in [0.1, 0.15) is 32.9 Å². The standard InChI is InChI=1S/C16H20N4O2.ClH/c1-9-4-5-12(10(2)15(9)22-3)18-16(21)14-11-8-17-7-6-13(11)19-20-14;/h4-5,17H,6-8H2,1-3H3,(H,18,21)(H,19,20);1H. The first kappa shape index (κ1) is 17.3. The average molecular weight is 337 g/mol. The number of carbonyl (C=O) groups excluding carboxylic acids is 1. The molecule has 0 spiro atoms. The van der Waals surface area contributed by atoms with Crippen LogP contribution in [0.2, 0.25) is 0 Å². The number of H-pyrrole nitrogens is 1. The molecule has 1 aromatic heterocycles. The molecule has 7 heteroatoms. The van der Waals surface area contributed by atoms with Gasteiger partial charge in [0, 0.05) is 42.0 Å². The molecule has 3 rings (SSSR count). The largest absolute Gasteiger partial charge is 0.496 e. The van der Waals surface area contributed by atoms with Gasteiger partial charge in [-0.2, -0.15) is 5.10 Å². The first-order valence-electron chi connectivity index (χ1n) is 7.34. The van der Waals surface area contributed by atoms with E-state index in [1.54, 1.807) is 7.11 Å². The zero-order valence-corrected chi connectivity index (χ0v) is 14.3. The van der Waals surface area contributed by atoms with E-state index in [-0.39, 0.29) is 18.3 Å². The van der Waals surface area contributed by atoms with Crippen molar-refractivity contribution in [2.24, 2.45) is 0 Å². The van der Waals surface area contributed by atoms with Crippen molar-refractivity contribution in [3.8, 4) is 5.75 Å². The topological polar surface area (TPSA) is 79.0 Å². The number of methoxy groups -OCH3 is 1. The van der Waals surface area contributed by atoms with E-state index < -0.39 is 0 Å². The first-order chi connectivity index (χ1) is 10.6. The van der Waals surface area contributed by atoms with Gasteiger partial charge < -0.3 is 15.4 Å². The molecule has 0 radical (unpaired) electrons. The molecule has 1 aliphatic heterocycles. The lowest BCUT2D eigenvalue weighted by molar-refractivity contribution is 0.102. The van der Waals surface area contributed by atoms with E-state index in [1.807, 2.05) is 26.0 Å². The Morgan fingerprint density at radius 3 is 2.87 bits per heavy atom. The number of rotatable bonds is 3. The number of fused-ring (bicyclic) bond motifs is 1. The second-order valence-corrected chi connectivity index (χ2v) is 5.50. The maximum absolute atomic E-state index is 12.5. The quantitative estimate of drug-likeness (QED) is 0.804. The maximum Gasteiger partial charge on any atom is 0.276 e. The summed E-state index contributed by atoms with van der Waals surface area (Å²) >= 11 is 0. The number of carbonyl (C=O) groups is 1. The smallest absolute Gasteiger partial charge is 0.276 e.